The van der Waals surface area contributed by atoms with Gasteiger partial charge in [-0.2, -0.15) is 0 Å². The quantitative estimate of drug-likeness (QED) is 0.624. The lowest BCUT2D eigenvalue weighted by molar-refractivity contribution is -0.146. The Morgan fingerprint density at radius 3 is 2.00 bits per heavy atom. The molecule has 1 N–H and O–H groups in total. The monoisotopic (exact) mass is 389 g/mol. The summed E-state index contributed by atoms with van der Waals surface area (Å²) in [5.74, 6) is -2.17. The maximum Gasteiger partial charge on any atom is 0.464 e. The van der Waals surface area contributed by atoms with Crippen molar-refractivity contribution in [1.29, 1.82) is 0 Å². The minimum Gasteiger partial charge on any atom is -0.469 e. The Kier molecular flexibility index (Phi) is 5.58. The van der Waals surface area contributed by atoms with Crippen LogP contribution in [0.25, 0.3) is 0 Å². The molecule has 0 aromatic heterocycles. The van der Waals surface area contributed by atoms with Crippen molar-refractivity contribution in [3.05, 3.63) is 35.9 Å². The molecule has 2 heterocycles. The molecule has 2 aliphatic rings. The lowest BCUT2D eigenvalue weighted by Gasteiger charge is -2.32. The molecule has 0 spiro atoms. The molecule has 8 heteroatoms. The van der Waals surface area contributed by atoms with E-state index in [4.69, 9.17) is 18.8 Å². The first-order chi connectivity index (χ1) is 13.1. The van der Waals surface area contributed by atoms with E-state index in [-0.39, 0.29) is 0 Å². The molecule has 7 nitrogen and oxygen atoms in total. The molecular weight excluding hydrogens is 361 g/mol. The van der Waals surface area contributed by atoms with Crippen molar-refractivity contribution < 1.29 is 28.4 Å². The highest BCUT2D eigenvalue weighted by Crippen LogP contribution is 2.49. The molecule has 152 valence electrons. The maximum absolute atomic E-state index is 12.8. The highest BCUT2D eigenvalue weighted by Gasteiger charge is 2.63. The molecule has 2 fully saturated rings. The summed E-state index contributed by atoms with van der Waals surface area (Å²) >= 11 is 0. The van der Waals surface area contributed by atoms with Crippen LogP contribution < -0.4 is 5.32 Å². The fourth-order valence-electron chi connectivity index (χ4n) is 3.96. The minimum atomic E-state index is -0.769. The Morgan fingerprint density at radius 1 is 0.964 bits per heavy atom. The molecule has 28 heavy (non-hydrogen) atoms. The van der Waals surface area contributed by atoms with E-state index in [9.17, 15) is 9.59 Å². The second kappa shape index (κ2) is 7.50. The Hall–Kier alpha value is -1.90. The number of esters is 2. The van der Waals surface area contributed by atoms with Gasteiger partial charge in [-0.05, 0) is 33.3 Å². The van der Waals surface area contributed by atoms with Crippen molar-refractivity contribution in [3.63, 3.8) is 0 Å². The van der Waals surface area contributed by atoms with Crippen molar-refractivity contribution in [2.45, 2.75) is 56.8 Å². The van der Waals surface area contributed by atoms with Crippen LogP contribution in [0.15, 0.2) is 30.3 Å². The third kappa shape index (κ3) is 3.45. The van der Waals surface area contributed by atoms with Crippen molar-refractivity contribution in [3.8, 4) is 0 Å². The molecule has 0 bridgehead atoms. The van der Waals surface area contributed by atoms with Gasteiger partial charge in [-0.15, -0.1) is 0 Å². The molecule has 1 aromatic rings. The van der Waals surface area contributed by atoms with E-state index in [2.05, 4.69) is 5.32 Å². The predicted molar refractivity (Wildman–Crippen MR) is 103 cm³/mol. The molecular formula is C20H28BNO6. The Morgan fingerprint density at radius 2 is 1.50 bits per heavy atom. The molecule has 0 unspecified atom stereocenters. The Bertz CT molecular complexity index is 721. The third-order valence-corrected chi connectivity index (χ3v) is 6.19. The fraction of sp³-hybridized carbons (Fsp3) is 0.600. The highest BCUT2D eigenvalue weighted by atomic mass is 16.7. The second-order valence-corrected chi connectivity index (χ2v) is 8.31. The Labute approximate surface area is 166 Å². The number of carbonyl (C=O) groups is 2. The molecule has 4 atom stereocenters. The zero-order valence-electron chi connectivity index (χ0n) is 17.2. The maximum atomic E-state index is 12.8. The van der Waals surface area contributed by atoms with E-state index in [1.54, 1.807) is 0 Å². The number of ether oxygens (including phenoxy) is 2. The van der Waals surface area contributed by atoms with Gasteiger partial charge in [-0.25, -0.2) is 0 Å². The van der Waals surface area contributed by atoms with E-state index in [1.807, 2.05) is 58.0 Å². The highest BCUT2D eigenvalue weighted by molar-refractivity contribution is 6.49. The largest absolute Gasteiger partial charge is 0.469 e. The molecule has 0 radical (unpaired) electrons. The summed E-state index contributed by atoms with van der Waals surface area (Å²) < 4.78 is 22.5. The van der Waals surface area contributed by atoms with Crippen LogP contribution in [0.1, 0.15) is 39.3 Å². The molecule has 0 aliphatic carbocycles. The zero-order valence-corrected chi connectivity index (χ0v) is 17.2. The van der Waals surface area contributed by atoms with Gasteiger partial charge in [0.15, 0.2) is 0 Å². The van der Waals surface area contributed by atoms with Crippen LogP contribution in [0, 0.1) is 5.92 Å². The molecule has 0 amide bonds. The number of benzene rings is 1. The first kappa shape index (κ1) is 20.8. The van der Waals surface area contributed by atoms with E-state index in [0.29, 0.717) is 0 Å². The predicted octanol–water partition coefficient (Wildman–Crippen LogP) is 2.12. The van der Waals surface area contributed by atoms with Crippen molar-refractivity contribution >= 4 is 19.1 Å². The molecule has 2 saturated heterocycles. The smallest absolute Gasteiger partial charge is 0.464 e. The van der Waals surface area contributed by atoms with E-state index >= 15 is 0 Å². The lowest BCUT2D eigenvalue weighted by Crippen LogP contribution is -2.43. The molecule has 1 aromatic carbocycles. The van der Waals surface area contributed by atoms with Gasteiger partial charge in [0.25, 0.3) is 0 Å². The van der Waals surface area contributed by atoms with E-state index in [1.165, 1.54) is 14.2 Å². The third-order valence-electron chi connectivity index (χ3n) is 6.19. The van der Waals surface area contributed by atoms with Gasteiger partial charge in [-0.1, -0.05) is 30.3 Å². The van der Waals surface area contributed by atoms with Crippen molar-refractivity contribution in [1.82, 2.24) is 5.32 Å². The topological polar surface area (TPSA) is 83.1 Å². The van der Waals surface area contributed by atoms with Crippen LogP contribution in [0.4, 0.5) is 0 Å². The van der Waals surface area contributed by atoms with Crippen LogP contribution in [0.3, 0.4) is 0 Å². The number of carbonyl (C=O) groups excluding carboxylic acids is 2. The average Bonchev–Trinajstić information content (AvgIpc) is 3.16. The first-order valence-electron chi connectivity index (χ1n) is 9.45. The Balaban J connectivity index is 2.04. The van der Waals surface area contributed by atoms with Crippen LogP contribution in [0.2, 0.25) is 5.82 Å². The van der Waals surface area contributed by atoms with Crippen molar-refractivity contribution in [2.24, 2.45) is 5.92 Å². The molecule has 3 rings (SSSR count). The number of methoxy groups -OCH3 is 2. The molecule has 2 aliphatic heterocycles. The van der Waals surface area contributed by atoms with Gasteiger partial charge in [0.05, 0.1) is 31.3 Å². The summed E-state index contributed by atoms with van der Waals surface area (Å²) in [7, 11) is 1.91. The summed E-state index contributed by atoms with van der Waals surface area (Å²) in [6, 6.07) is 8.30. The van der Waals surface area contributed by atoms with Crippen LogP contribution >= 0.6 is 0 Å². The number of hydrogen-bond donors (Lipinski definition) is 1. The van der Waals surface area contributed by atoms with Gasteiger partial charge in [-0.3, -0.25) is 14.9 Å². The van der Waals surface area contributed by atoms with Gasteiger partial charge in [0, 0.05) is 11.9 Å². The molecule has 0 saturated carbocycles. The normalized spacial score (nSPS) is 30.9. The minimum absolute atomic E-state index is 0.424. The van der Waals surface area contributed by atoms with Crippen LogP contribution in [-0.4, -0.2) is 50.5 Å². The zero-order chi connectivity index (χ0) is 20.7. The van der Waals surface area contributed by atoms with Gasteiger partial charge < -0.3 is 18.8 Å². The van der Waals surface area contributed by atoms with Gasteiger partial charge in [0.2, 0.25) is 0 Å². The summed E-state index contributed by atoms with van der Waals surface area (Å²) in [6.07, 6.45) is 0. The summed E-state index contributed by atoms with van der Waals surface area (Å²) in [5.41, 5.74) is -0.306. The van der Waals surface area contributed by atoms with Gasteiger partial charge in [0.1, 0.15) is 6.04 Å². The number of hydrogen-bond acceptors (Lipinski definition) is 7. The van der Waals surface area contributed by atoms with E-state index in [0.717, 1.165) is 5.56 Å². The van der Waals surface area contributed by atoms with Crippen LogP contribution in [-0.2, 0) is 28.4 Å². The second-order valence-electron chi connectivity index (χ2n) is 8.31. The van der Waals surface area contributed by atoms with Crippen molar-refractivity contribution in [2.75, 3.05) is 14.2 Å². The standard InChI is InChI=1S/C20H28BNO6/c1-19(2)20(3,4)28-21(27-19)14-13(17(23)25-5)15(12-10-8-7-9-11-12)22-16(14)18(24)26-6/h7-11,13-16,22H,1-6H3/t13-,14-,15-,16-/m0/s1. The summed E-state index contributed by atoms with van der Waals surface area (Å²) in [4.78, 5) is 25.4. The fourth-order valence-corrected chi connectivity index (χ4v) is 3.96. The lowest BCUT2D eigenvalue weighted by atomic mass is 9.61. The SMILES string of the molecule is COC(=O)[C@H]1[C@H](B2OC(C)(C)C(C)(C)O2)[C@@H](C(=O)OC)N[C@H]1c1ccccc1. The average molecular weight is 389 g/mol. The summed E-state index contributed by atoms with van der Waals surface area (Å²) in [5, 5.41) is 3.27. The van der Waals surface area contributed by atoms with Crippen LogP contribution in [0.5, 0.6) is 0 Å². The first-order valence-corrected chi connectivity index (χ1v) is 9.45. The number of rotatable bonds is 4. The number of nitrogens with one attached hydrogen (secondary N) is 1. The van der Waals surface area contributed by atoms with E-state index < -0.39 is 54.1 Å². The van der Waals surface area contributed by atoms with Gasteiger partial charge >= 0.3 is 19.1 Å². The summed E-state index contributed by atoms with van der Waals surface area (Å²) in [6.45, 7) is 7.74.